The number of nitrogens with zero attached hydrogens (tertiary/aromatic N) is 1. The number of fused-ring (bicyclic) bond motifs is 1. The Morgan fingerprint density at radius 1 is 1.39 bits per heavy atom. The van der Waals surface area contributed by atoms with Gasteiger partial charge in [-0.25, -0.2) is 0 Å². The predicted octanol–water partition coefficient (Wildman–Crippen LogP) is 3.31. The summed E-state index contributed by atoms with van der Waals surface area (Å²) in [7, 11) is 0. The van der Waals surface area contributed by atoms with Gasteiger partial charge in [-0.2, -0.15) is 0 Å². The zero-order valence-corrected chi connectivity index (χ0v) is 14.2. The number of aryl methyl sites for hydroxylation is 1. The summed E-state index contributed by atoms with van der Waals surface area (Å²) in [6, 6.07) is 10.6. The number of benzene rings is 1. The molecule has 1 atom stereocenters. The van der Waals surface area contributed by atoms with E-state index in [1.165, 1.54) is 21.6 Å². The largest absolute Gasteiger partial charge is 0.330 e. The van der Waals surface area contributed by atoms with Crippen LogP contribution in [0.5, 0.6) is 0 Å². The molecule has 1 aromatic heterocycles. The van der Waals surface area contributed by atoms with Gasteiger partial charge in [-0.15, -0.1) is 17.9 Å². The van der Waals surface area contributed by atoms with Crippen molar-refractivity contribution in [2.75, 3.05) is 19.6 Å². The highest BCUT2D eigenvalue weighted by molar-refractivity contribution is 7.10. The summed E-state index contributed by atoms with van der Waals surface area (Å²) in [5, 5.41) is 5.27. The van der Waals surface area contributed by atoms with Crippen LogP contribution in [0.1, 0.15) is 27.6 Å². The van der Waals surface area contributed by atoms with Crippen LogP contribution >= 0.6 is 11.3 Å². The van der Waals surface area contributed by atoms with Gasteiger partial charge in [0.15, 0.2) is 0 Å². The molecule has 2 heterocycles. The van der Waals surface area contributed by atoms with E-state index in [-0.39, 0.29) is 11.9 Å². The number of amides is 1. The van der Waals surface area contributed by atoms with Gasteiger partial charge in [-0.3, -0.25) is 4.79 Å². The van der Waals surface area contributed by atoms with E-state index >= 15 is 0 Å². The standard InChI is InChI=1S/C19H22N2OS/c1-3-10-20-13-18(22)21-11-8-17-16(9-12-23-17)19(21)15-7-5-4-6-14(15)2/h3-7,9,12,19-20H,1,8,10-11,13H2,2H3/t19-/m0/s1. The van der Waals surface area contributed by atoms with Gasteiger partial charge in [-0.1, -0.05) is 30.3 Å². The number of nitrogens with one attached hydrogen (secondary N) is 1. The van der Waals surface area contributed by atoms with Crippen molar-refractivity contribution < 1.29 is 4.79 Å². The molecule has 2 aromatic rings. The first kappa shape index (κ1) is 16.0. The van der Waals surface area contributed by atoms with Crippen LogP contribution < -0.4 is 5.32 Å². The van der Waals surface area contributed by atoms with Crippen LogP contribution in [-0.4, -0.2) is 30.4 Å². The Kier molecular flexibility index (Phi) is 4.94. The molecule has 0 unspecified atom stereocenters. The fourth-order valence-electron chi connectivity index (χ4n) is 3.20. The minimum atomic E-state index is 0.0317. The number of hydrogen-bond acceptors (Lipinski definition) is 3. The summed E-state index contributed by atoms with van der Waals surface area (Å²) in [4.78, 5) is 16.2. The molecular weight excluding hydrogens is 304 g/mol. The molecule has 0 bridgehead atoms. The lowest BCUT2D eigenvalue weighted by molar-refractivity contribution is -0.132. The van der Waals surface area contributed by atoms with Crippen LogP contribution in [0.4, 0.5) is 0 Å². The van der Waals surface area contributed by atoms with E-state index in [0.717, 1.165) is 13.0 Å². The van der Waals surface area contributed by atoms with Crippen LogP contribution in [0.25, 0.3) is 0 Å². The van der Waals surface area contributed by atoms with Gasteiger partial charge in [-0.05, 0) is 41.5 Å². The van der Waals surface area contributed by atoms with Crippen molar-refractivity contribution in [3.63, 3.8) is 0 Å². The van der Waals surface area contributed by atoms with Crippen molar-refractivity contribution >= 4 is 17.2 Å². The minimum absolute atomic E-state index is 0.0317. The Hall–Kier alpha value is -1.91. The van der Waals surface area contributed by atoms with Crippen molar-refractivity contribution in [3.05, 3.63) is 69.9 Å². The average molecular weight is 326 g/mol. The highest BCUT2D eigenvalue weighted by Gasteiger charge is 2.33. The zero-order chi connectivity index (χ0) is 16.2. The zero-order valence-electron chi connectivity index (χ0n) is 13.4. The molecule has 0 fully saturated rings. The van der Waals surface area contributed by atoms with Gasteiger partial charge in [0.1, 0.15) is 0 Å². The van der Waals surface area contributed by atoms with Crippen molar-refractivity contribution in [1.29, 1.82) is 0 Å². The molecule has 120 valence electrons. The summed E-state index contributed by atoms with van der Waals surface area (Å²) in [5.41, 5.74) is 3.74. The molecule has 0 saturated heterocycles. The van der Waals surface area contributed by atoms with E-state index in [9.17, 15) is 4.79 Å². The monoisotopic (exact) mass is 326 g/mol. The second-order valence-electron chi connectivity index (χ2n) is 5.81. The first-order valence-electron chi connectivity index (χ1n) is 7.95. The second kappa shape index (κ2) is 7.11. The number of carbonyl (C=O) groups excluding carboxylic acids is 1. The first-order chi connectivity index (χ1) is 11.2. The van der Waals surface area contributed by atoms with Gasteiger partial charge in [0.05, 0.1) is 12.6 Å². The highest BCUT2D eigenvalue weighted by Crippen LogP contribution is 2.38. The lowest BCUT2D eigenvalue weighted by Crippen LogP contribution is -2.44. The molecule has 3 rings (SSSR count). The van der Waals surface area contributed by atoms with E-state index in [4.69, 9.17) is 0 Å². The number of thiophene rings is 1. The van der Waals surface area contributed by atoms with E-state index in [1.54, 1.807) is 17.4 Å². The molecule has 0 spiro atoms. The quantitative estimate of drug-likeness (QED) is 0.675. The predicted molar refractivity (Wildman–Crippen MR) is 95.8 cm³/mol. The van der Waals surface area contributed by atoms with Crippen molar-refractivity contribution in [3.8, 4) is 0 Å². The smallest absolute Gasteiger partial charge is 0.237 e. The summed E-state index contributed by atoms with van der Waals surface area (Å²) in [5.74, 6) is 0.150. The molecule has 0 aliphatic carbocycles. The summed E-state index contributed by atoms with van der Waals surface area (Å²) < 4.78 is 0. The molecule has 1 aromatic carbocycles. The molecule has 1 amide bonds. The van der Waals surface area contributed by atoms with E-state index < -0.39 is 0 Å². The van der Waals surface area contributed by atoms with E-state index in [0.29, 0.717) is 13.1 Å². The molecule has 1 aliphatic rings. The molecule has 1 N–H and O–H groups in total. The van der Waals surface area contributed by atoms with Crippen molar-refractivity contribution in [2.24, 2.45) is 0 Å². The van der Waals surface area contributed by atoms with Gasteiger partial charge in [0.2, 0.25) is 5.91 Å². The second-order valence-corrected chi connectivity index (χ2v) is 6.82. The number of carbonyl (C=O) groups is 1. The number of rotatable bonds is 5. The van der Waals surface area contributed by atoms with Gasteiger partial charge >= 0.3 is 0 Å². The van der Waals surface area contributed by atoms with Crippen molar-refractivity contribution in [1.82, 2.24) is 10.2 Å². The van der Waals surface area contributed by atoms with Gasteiger partial charge < -0.3 is 10.2 Å². The number of hydrogen-bond donors (Lipinski definition) is 1. The Bertz CT molecular complexity index is 707. The summed E-state index contributed by atoms with van der Waals surface area (Å²) in [6.45, 7) is 7.59. The Morgan fingerprint density at radius 2 is 2.22 bits per heavy atom. The molecular formula is C19H22N2OS. The van der Waals surface area contributed by atoms with Crippen LogP contribution in [-0.2, 0) is 11.2 Å². The van der Waals surface area contributed by atoms with Crippen LogP contribution in [0.15, 0.2) is 48.4 Å². The molecule has 4 heteroatoms. The first-order valence-corrected chi connectivity index (χ1v) is 8.83. The fourth-order valence-corrected chi connectivity index (χ4v) is 4.10. The normalized spacial score (nSPS) is 16.9. The summed E-state index contributed by atoms with van der Waals surface area (Å²) >= 11 is 1.80. The van der Waals surface area contributed by atoms with Crippen molar-refractivity contribution in [2.45, 2.75) is 19.4 Å². The molecule has 23 heavy (non-hydrogen) atoms. The third-order valence-corrected chi connectivity index (χ3v) is 5.33. The minimum Gasteiger partial charge on any atom is -0.330 e. The summed E-state index contributed by atoms with van der Waals surface area (Å²) in [6.07, 6.45) is 2.72. The van der Waals surface area contributed by atoms with E-state index in [1.807, 2.05) is 11.0 Å². The van der Waals surface area contributed by atoms with Crippen LogP contribution in [0, 0.1) is 6.92 Å². The molecule has 0 saturated carbocycles. The third kappa shape index (κ3) is 3.23. The lowest BCUT2D eigenvalue weighted by Gasteiger charge is -2.37. The highest BCUT2D eigenvalue weighted by atomic mass is 32.1. The maximum atomic E-state index is 12.7. The fraction of sp³-hybridized carbons (Fsp3) is 0.316. The van der Waals surface area contributed by atoms with Gasteiger partial charge in [0.25, 0.3) is 0 Å². The van der Waals surface area contributed by atoms with E-state index in [2.05, 4.69) is 48.5 Å². The van der Waals surface area contributed by atoms with Crippen LogP contribution in [0.3, 0.4) is 0 Å². The van der Waals surface area contributed by atoms with Gasteiger partial charge in [0, 0.05) is 18.0 Å². The Balaban J connectivity index is 1.94. The topological polar surface area (TPSA) is 32.3 Å². The lowest BCUT2D eigenvalue weighted by atomic mass is 9.90. The van der Waals surface area contributed by atoms with Crippen LogP contribution in [0.2, 0.25) is 0 Å². The Morgan fingerprint density at radius 3 is 3.00 bits per heavy atom. The maximum absolute atomic E-state index is 12.7. The SMILES string of the molecule is C=CCNCC(=O)N1CCc2sccc2[C@@H]1c1ccccc1C. The Labute approximate surface area is 141 Å². The molecule has 3 nitrogen and oxygen atoms in total. The third-order valence-electron chi connectivity index (χ3n) is 4.33. The average Bonchev–Trinajstić information content (AvgIpc) is 3.03. The maximum Gasteiger partial charge on any atom is 0.237 e. The molecule has 0 radical (unpaired) electrons. The molecule has 1 aliphatic heterocycles.